The van der Waals surface area contributed by atoms with Gasteiger partial charge in [-0.1, -0.05) is 53.2 Å². The number of aromatic nitrogens is 3. The van der Waals surface area contributed by atoms with Crippen molar-refractivity contribution in [1.29, 1.82) is 0 Å². The Labute approximate surface area is 151 Å². The van der Waals surface area contributed by atoms with Crippen LogP contribution in [-0.4, -0.2) is 22.2 Å². The van der Waals surface area contributed by atoms with E-state index in [0.717, 1.165) is 16.8 Å². The third-order valence-electron chi connectivity index (χ3n) is 4.09. The summed E-state index contributed by atoms with van der Waals surface area (Å²) in [6, 6.07) is 21.7. The third-order valence-corrected chi connectivity index (χ3v) is 4.09. The van der Waals surface area contributed by atoms with Gasteiger partial charge in [0.15, 0.2) is 0 Å². The number of methoxy groups -OCH3 is 1. The van der Waals surface area contributed by atoms with Gasteiger partial charge < -0.3 is 9.26 Å². The molecule has 2 aromatic carbocycles. The predicted molar refractivity (Wildman–Crippen MR) is 99.7 cm³/mol. The minimum absolute atomic E-state index is 0.449. The second-order valence-corrected chi connectivity index (χ2v) is 5.91. The van der Waals surface area contributed by atoms with Crippen molar-refractivity contribution >= 4 is 0 Å². The first kappa shape index (κ1) is 16.0. The zero-order valence-electron chi connectivity index (χ0n) is 14.5. The maximum atomic E-state index is 5.46. The number of hydrogen-bond acceptors (Lipinski definition) is 5. The Hall–Kier alpha value is -3.47. The summed E-state index contributed by atoms with van der Waals surface area (Å²) in [6.07, 6.45) is 0. The van der Waals surface area contributed by atoms with Crippen molar-refractivity contribution in [2.24, 2.45) is 0 Å². The second kappa shape index (κ2) is 6.80. The average Bonchev–Trinajstić information content (AvgIpc) is 3.18. The molecule has 0 saturated carbocycles. The van der Waals surface area contributed by atoms with E-state index in [1.165, 1.54) is 5.56 Å². The van der Waals surface area contributed by atoms with Crippen molar-refractivity contribution in [1.82, 2.24) is 15.1 Å². The number of ether oxygens (including phenoxy) is 1. The quantitative estimate of drug-likeness (QED) is 0.533. The van der Waals surface area contributed by atoms with Crippen LogP contribution in [0.3, 0.4) is 0 Å². The van der Waals surface area contributed by atoms with Crippen LogP contribution in [0.15, 0.2) is 71.3 Å². The van der Waals surface area contributed by atoms with E-state index < -0.39 is 0 Å². The molecule has 0 aliphatic carbocycles. The maximum Gasteiger partial charge on any atom is 0.258 e. The summed E-state index contributed by atoms with van der Waals surface area (Å²) in [6.45, 7) is 2.04. The molecule has 2 heterocycles. The fourth-order valence-electron chi connectivity index (χ4n) is 2.68. The van der Waals surface area contributed by atoms with E-state index in [1.807, 2.05) is 73.7 Å². The van der Waals surface area contributed by atoms with Gasteiger partial charge in [0.25, 0.3) is 5.89 Å². The lowest BCUT2D eigenvalue weighted by Crippen LogP contribution is -1.95. The number of benzene rings is 2. The van der Waals surface area contributed by atoms with Crippen LogP contribution in [-0.2, 0) is 0 Å². The van der Waals surface area contributed by atoms with Gasteiger partial charge in [0.05, 0.1) is 18.4 Å². The van der Waals surface area contributed by atoms with E-state index in [-0.39, 0.29) is 0 Å². The van der Waals surface area contributed by atoms with Crippen molar-refractivity contribution in [3.63, 3.8) is 0 Å². The minimum Gasteiger partial charge on any atom is -0.480 e. The fourth-order valence-corrected chi connectivity index (χ4v) is 2.68. The third kappa shape index (κ3) is 3.07. The molecule has 0 N–H and O–H groups in total. The summed E-state index contributed by atoms with van der Waals surface area (Å²) in [5.41, 5.74) is 4.59. The highest BCUT2D eigenvalue weighted by molar-refractivity contribution is 5.69. The van der Waals surface area contributed by atoms with Crippen molar-refractivity contribution in [2.45, 2.75) is 6.92 Å². The molecule has 0 atom stereocenters. The molecule has 0 aliphatic rings. The summed E-state index contributed by atoms with van der Waals surface area (Å²) in [7, 11) is 1.58. The summed E-state index contributed by atoms with van der Waals surface area (Å²) < 4.78 is 10.9. The summed E-state index contributed by atoms with van der Waals surface area (Å²) >= 11 is 0. The molecule has 128 valence electrons. The Morgan fingerprint density at radius 3 is 2.31 bits per heavy atom. The molecule has 0 radical (unpaired) electrons. The summed E-state index contributed by atoms with van der Waals surface area (Å²) in [4.78, 5) is 9.08. The van der Waals surface area contributed by atoms with E-state index in [1.54, 1.807) is 7.11 Å². The zero-order valence-corrected chi connectivity index (χ0v) is 14.5. The van der Waals surface area contributed by atoms with E-state index >= 15 is 0 Å². The van der Waals surface area contributed by atoms with E-state index in [2.05, 4.69) is 15.1 Å². The number of aryl methyl sites for hydroxylation is 1. The number of nitrogens with zero attached hydrogens (tertiary/aromatic N) is 3. The van der Waals surface area contributed by atoms with Crippen molar-refractivity contribution in [2.75, 3.05) is 7.11 Å². The van der Waals surface area contributed by atoms with Gasteiger partial charge in [-0.3, -0.25) is 0 Å². The highest BCUT2D eigenvalue weighted by Crippen LogP contribution is 2.30. The maximum absolute atomic E-state index is 5.46. The lowest BCUT2D eigenvalue weighted by Gasteiger charge is -2.07. The normalized spacial score (nSPS) is 10.7. The van der Waals surface area contributed by atoms with Gasteiger partial charge in [-0.25, -0.2) is 4.98 Å². The Kier molecular flexibility index (Phi) is 4.19. The first-order chi connectivity index (χ1) is 12.7. The predicted octanol–water partition coefficient (Wildman–Crippen LogP) is 4.78. The first-order valence-electron chi connectivity index (χ1n) is 8.26. The molecule has 0 fully saturated rings. The standard InChI is InChI=1S/C21H17N3O2/c1-14-8-10-16(11-9-14)20-23-19(24-26-20)17-12-13-18(22-21(17)25-2)15-6-4-3-5-7-15/h3-13H,1-2H3. The molecule has 2 aromatic heterocycles. The van der Waals surface area contributed by atoms with E-state index in [0.29, 0.717) is 23.2 Å². The average molecular weight is 343 g/mol. The van der Waals surface area contributed by atoms with Crippen LogP contribution in [0.2, 0.25) is 0 Å². The molecule has 0 bridgehead atoms. The lowest BCUT2D eigenvalue weighted by atomic mass is 10.1. The summed E-state index contributed by atoms with van der Waals surface area (Å²) in [5.74, 6) is 1.38. The number of hydrogen-bond donors (Lipinski definition) is 0. The molecular weight excluding hydrogens is 326 g/mol. The van der Waals surface area contributed by atoms with E-state index in [9.17, 15) is 0 Å². The first-order valence-corrected chi connectivity index (χ1v) is 8.26. The lowest BCUT2D eigenvalue weighted by molar-refractivity contribution is 0.398. The van der Waals surface area contributed by atoms with Crippen LogP contribution in [0.4, 0.5) is 0 Å². The van der Waals surface area contributed by atoms with Crippen LogP contribution in [0.1, 0.15) is 5.56 Å². The smallest absolute Gasteiger partial charge is 0.258 e. The SMILES string of the molecule is COc1nc(-c2ccccc2)ccc1-c1noc(-c2ccc(C)cc2)n1. The molecule has 4 rings (SSSR count). The van der Waals surface area contributed by atoms with Crippen LogP contribution in [0.25, 0.3) is 34.1 Å². The second-order valence-electron chi connectivity index (χ2n) is 5.91. The Bertz CT molecular complexity index is 1020. The molecule has 0 spiro atoms. The van der Waals surface area contributed by atoms with Gasteiger partial charge in [-0.2, -0.15) is 4.98 Å². The van der Waals surface area contributed by atoms with Crippen LogP contribution < -0.4 is 4.74 Å². The Morgan fingerprint density at radius 2 is 1.58 bits per heavy atom. The minimum atomic E-state index is 0.449. The van der Waals surface area contributed by atoms with Crippen molar-refractivity contribution in [3.8, 4) is 40.0 Å². The van der Waals surface area contributed by atoms with Gasteiger partial charge in [0, 0.05) is 11.1 Å². The van der Waals surface area contributed by atoms with E-state index in [4.69, 9.17) is 9.26 Å². The molecule has 4 aromatic rings. The molecular formula is C21H17N3O2. The van der Waals surface area contributed by atoms with Crippen molar-refractivity contribution in [3.05, 3.63) is 72.3 Å². The highest BCUT2D eigenvalue weighted by atomic mass is 16.5. The Morgan fingerprint density at radius 1 is 0.808 bits per heavy atom. The zero-order chi connectivity index (χ0) is 17.9. The fraction of sp³-hybridized carbons (Fsp3) is 0.0952. The molecule has 5 heteroatoms. The van der Waals surface area contributed by atoms with Crippen LogP contribution in [0.5, 0.6) is 5.88 Å². The van der Waals surface area contributed by atoms with Gasteiger partial charge in [-0.05, 0) is 31.2 Å². The summed E-state index contributed by atoms with van der Waals surface area (Å²) in [5, 5.41) is 4.09. The number of rotatable bonds is 4. The van der Waals surface area contributed by atoms with Gasteiger partial charge in [-0.15, -0.1) is 0 Å². The molecule has 0 unspecified atom stereocenters. The molecule has 26 heavy (non-hydrogen) atoms. The monoisotopic (exact) mass is 343 g/mol. The number of pyridine rings is 1. The molecule has 0 aliphatic heterocycles. The molecule has 0 amide bonds. The van der Waals surface area contributed by atoms with Crippen LogP contribution >= 0.6 is 0 Å². The van der Waals surface area contributed by atoms with Gasteiger partial charge in [0.1, 0.15) is 0 Å². The molecule has 0 saturated heterocycles. The largest absolute Gasteiger partial charge is 0.480 e. The van der Waals surface area contributed by atoms with Gasteiger partial charge >= 0.3 is 0 Å². The molecule has 5 nitrogen and oxygen atoms in total. The van der Waals surface area contributed by atoms with Gasteiger partial charge in [0.2, 0.25) is 11.7 Å². The highest BCUT2D eigenvalue weighted by Gasteiger charge is 2.16. The van der Waals surface area contributed by atoms with Crippen molar-refractivity contribution < 1.29 is 9.26 Å². The topological polar surface area (TPSA) is 61.0 Å². The van der Waals surface area contributed by atoms with Crippen LogP contribution in [0, 0.1) is 6.92 Å². The Balaban J connectivity index is 1.71.